The summed E-state index contributed by atoms with van der Waals surface area (Å²) in [6, 6.07) is 5.03. The van der Waals surface area contributed by atoms with Gasteiger partial charge in [0.05, 0.1) is 0 Å². The van der Waals surface area contributed by atoms with E-state index in [4.69, 9.17) is 0 Å². The zero-order chi connectivity index (χ0) is 13.0. The van der Waals surface area contributed by atoms with Crippen LogP contribution in [0.15, 0.2) is 17.5 Å². The maximum atomic E-state index is 3.53. The van der Waals surface area contributed by atoms with Gasteiger partial charge in [-0.15, -0.1) is 11.3 Å². The topological polar surface area (TPSA) is 18.5 Å². The average Bonchev–Trinajstić information content (AvgIpc) is 2.94. The van der Waals surface area contributed by atoms with Crippen molar-refractivity contribution in [3.05, 3.63) is 22.4 Å². The van der Waals surface area contributed by atoms with Gasteiger partial charge in [-0.3, -0.25) is 0 Å². The number of likely N-dealkylation sites (N-methyl/N-ethyl adjacent to an activating group) is 1. The van der Waals surface area contributed by atoms with Crippen molar-refractivity contribution in [1.29, 1.82) is 0 Å². The number of nitrogens with zero attached hydrogens (tertiary/aromatic N) is 2. The third kappa shape index (κ3) is 3.79. The Morgan fingerprint density at radius 2 is 2.28 bits per heavy atom. The van der Waals surface area contributed by atoms with Crippen LogP contribution in [0, 0.1) is 5.92 Å². The summed E-state index contributed by atoms with van der Waals surface area (Å²) >= 11 is 1.83. The van der Waals surface area contributed by atoms with E-state index in [9.17, 15) is 0 Å². The second-order valence-electron chi connectivity index (χ2n) is 5.52. The van der Waals surface area contributed by atoms with Crippen molar-refractivity contribution >= 4 is 11.3 Å². The van der Waals surface area contributed by atoms with Gasteiger partial charge in [0.25, 0.3) is 0 Å². The first-order valence-electron chi connectivity index (χ1n) is 6.78. The number of likely N-dealkylation sites (tertiary alicyclic amines) is 1. The average molecular weight is 267 g/mol. The Morgan fingerprint density at radius 3 is 2.89 bits per heavy atom. The first-order valence-corrected chi connectivity index (χ1v) is 7.66. The Labute approximate surface area is 115 Å². The predicted octanol–water partition coefficient (Wildman–Crippen LogP) is 1.72. The Morgan fingerprint density at radius 1 is 1.44 bits per heavy atom. The fourth-order valence-corrected chi connectivity index (χ4v) is 3.44. The van der Waals surface area contributed by atoms with Crippen LogP contribution in [0.5, 0.6) is 0 Å². The molecule has 0 aromatic carbocycles. The largest absolute Gasteiger partial charge is 0.311 e. The highest BCUT2D eigenvalue weighted by atomic mass is 32.1. The first-order chi connectivity index (χ1) is 8.66. The molecule has 1 aliphatic heterocycles. The van der Waals surface area contributed by atoms with Crippen molar-refractivity contribution in [2.24, 2.45) is 5.92 Å². The molecule has 0 radical (unpaired) electrons. The summed E-state index contributed by atoms with van der Waals surface area (Å²) in [7, 11) is 4.39. The highest BCUT2D eigenvalue weighted by Gasteiger charge is 2.30. The van der Waals surface area contributed by atoms with Gasteiger partial charge in [0.15, 0.2) is 0 Å². The molecule has 4 heteroatoms. The van der Waals surface area contributed by atoms with Crippen molar-refractivity contribution in [2.45, 2.75) is 19.5 Å². The van der Waals surface area contributed by atoms with Crippen molar-refractivity contribution in [1.82, 2.24) is 15.1 Å². The lowest BCUT2D eigenvalue weighted by molar-refractivity contribution is 0.252. The third-order valence-electron chi connectivity index (χ3n) is 3.80. The van der Waals surface area contributed by atoms with E-state index in [0.29, 0.717) is 0 Å². The molecule has 102 valence electrons. The monoisotopic (exact) mass is 267 g/mol. The minimum atomic E-state index is 0.724. The highest BCUT2D eigenvalue weighted by Crippen LogP contribution is 2.19. The van der Waals surface area contributed by atoms with Crippen molar-refractivity contribution in [3.8, 4) is 0 Å². The molecule has 2 unspecified atom stereocenters. The lowest BCUT2D eigenvalue weighted by Crippen LogP contribution is -2.35. The van der Waals surface area contributed by atoms with Gasteiger partial charge in [-0.05, 0) is 31.5 Å². The number of hydrogen-bond acceptors (Lipinski definition) is 4. The molecule has 18 heavy (non-hydrogen) atoms. The molecule has 3 nitrogen and oxygen atoms in total. The van der Waals surface area contributed by atoms with Crippen LogP contribution in [-0.2, 0) is 6.54 Å². The Balaban J connectivity index is 1.63. The molecule has 2 rings (SSSR count). The molecular weight excluding hydrogens is 242 g/mol. The standard InChI is InChI=1S/C14H25N3S/c1-12-10-17(11-14(12)16(2)3)7-6-15-9-13-5-4-8-18-13/h4-5,8,12,14-15H,6-7,9-11H2,1-3H3. The SMILES string of the molecule is CC1CN(CCNCc2cccs2)CC1N(C)C. The number of hydrogen-bond donors (Lipinski definition) is 1. The summed E-state index contributed by atoms with van der Waals surface area (Å²) in [5.74, 6) is 0.789. The zero-order valence-corrected chi connectivity index (χ0v) is 12.5. The van der Waals surface area contributed by atoms with Gasteiger partial charge in [0.2, 0.25) is 0 Å². The van der Waals surface area contributed by atoms with Crippen LogP contribution in [-0.4, -0.2) is 56.1 Å². The van der Waals surface area contributed by atoms with E-state index in [1.54, 1.807) is 0 Å². The number of nitrogens with one attached hydrogen (secondary N) is 1. The quantitative estimate of drug-likeness (QED) is 0.792. The summed E-state index contributed by atoms with van der Waals surface area (Å²) in [6.45, 7) is 8.09. The minimum Gasteiger partial charge on any atom is -0.311 e. The van der Waals surface area contributed by atoms with E-state index in [-0.39, 0.29) is 0 Å². The van der Waals surface area contributed by atoms with Gasteiger partial charge in [0, 0.05) is 43.6 Å². The summed E-state index contributed by atoms with van der Waals surface area (Å²) in [5, 5.41) is 5.67. The van der Waals surface area contributed by atoms with Crippen LogP contribution >= 0.6 is 11.3 Å². The molecule has 0 amide bonds. The molecular formula is C14H25N3S. The molecule has 1 aromatic heterocycles. The highest BCUT2D eigenvalue weighted by molar-refractivity contribution is 7.09. The Kier molecular flexibility index (Phi) is 5.18. The van der Waals surface area contributed by atoms with E-state index in [0.717, 1.165) is 25.0 Å². The van der Waals surface area contributed by atoms with Gasteiger partial charge in [0.1, 0.15) is 0 Å². The van der Waals surface area contributed by atoms with Crippen LogP contribution in [0.1, 0.15) is 11.8 Å². The fraction of sp³-hybridized carbons (Fsp3) is 0.714. The van der Waals surface area contributed by atoms with Crippen molar-refractivity contribution in [3.63, 3.8) is 0 Å². The van der Waals surface area contributed by atoms with Gasteiger partial charge >= 0.3 is 0 Å². The molecule has 2 heterocycles. The summed E-state index contributed by atoms with van der Waals surface area (Å²) in [6.07, 6.45) is 0. The summed E-state index contributed by atoms with van der Waals surface area (Å²) < 4.78 is 0. The van der Waals surface area contributed by atoms with E-state index in [2.05, 4.69) is 53.6 Å². The van der Waals surface area contributed by atoms with Gasteiger partial charge in [-0.1, -0.05) is 13.0 Å². The van der Waals surface area contributed by atoms with Crippen LogP contribution in [0.2, 0.25) is 0 Å². The second kappa shape index (κ2) is 6.66. The van der Waals surface area contributed by atoms with E-state index in [1.807, 2.05) is 11.3 Å². The van der Waals surface area contributed by atoms with E-state index >= 15 is 0 Å². The lowest BCUT2D eigenvalue weighted by Gasteiger charge is -2.22. The molecule has 0 spiro atoms. The maximum Gasteiger partial charge on any atom is 0.0300 e. The Hall–Kier alpha value is -0.420. The lowest BCUT2D eigenvalue weighted by atomic mass is 10.1. The maximum absolute atomic E-state index is 3.53. The van der Waals surface area contributed by atoms with Crippen molar-refractivity contribution in [2.75, 3.05) is 40.3 Å². The minimum absolute atomic E-state index is 0.724. The van der Waals surface area contributed by atoms with Crippen molar-refractivity contribution < 1.29 is 0 Å². The van der Waals surface area contributed by atoms with E-state index in [1.165, 1.54) is 24.5 Å². The fourth-order valence-electron chi connectivity index (χ4n) is 2.76. The molecule has 2 atom stereocenters. The molecule has 1 aliphatic rings. The molecule has 1 aromatic rings. The second-order valence-corrected chi connectivity index (χ2v) is 6.56. The van der Waals surface area contributed by atoms with Crippen LogP contribution in [0.3, 0.4) is 0 Å². The molecule has 1 N–H and O–H groups in total. The normalized spacial score (nSPS) is 25.1. The molecule has 1 fully saturated rings. The van der Waals surface area contributed by atoms with Crippen LogP contribution in [0.25, 0.3) is 0 Å². The summed E-state index contributed by atoms with van der Waals surface area (Å²) in [5.41, 5.74) is 0. The molecule has 0 bridgehead atoms. The molecule has 0 aliphatic carbocycles. The van der Waals surface area contributed by atoms with Crippen LogP contribution < -0.4 is 5.32 Å². The number of thiophene rings is 1. The summed E-state index contributed by atoms with van der Waals surface area (Å²) in [4.78, 5) is 6.37. The van der Waals surface area contributed by atoms with Gasteiger partial charge in [-0.25, -0.2) is 0 Å². The first kappa shape index (κ1) is 14.0. The van der Waals surface area contributed by atoms with Gasteiger partial charge in [-0.2, -0.15) is 0 Å². The predicted molar refractivity (Wildman–Crippen MR) is 79.1 cm³/mol. The van der Waals surface area contributed by atoms with Crippen LogP contribution in [0.4, 0.5) is 0 Å². The Bertz CT molecular complexity index is 337. The number of rotatable bonds is 6. The third-order valence-corrected chi connectivity index (χ3v) is 4.67. The molecule has 0 saturated carbocycles. The molecule has 1 saturated heterocycles. The van der Waals surface area contributed by atoms with E-state index < -0.39 is 0 Å². The van der Waals surface area contributed by atoms with Gasteiger partial charge < -0.3 is 15.1 Å². The zero-order valence-electron chi connectivity index (χ0n) is 11.7. The smallest absolute Gasteiger partial charge is 0.0300 e.